The first-order valence-electron chi connectivity index (χ1n) is 11.4. The first-order valence-corrected chi connectivity index (χ1v) is 11.8. The quantitative estimate of drug-likeness (QED) is 0.167. The molecule has 0 aliphatic heterocycles. The van der Waals surface area contributed by atoms with Gasteiger partial charge in [0.25, 0.3) is 5.69 Å². The lowest BCUT2D eigenvalue weighted by molar-refractivity contribution is -0.384. The van der Waals surface area contributed by atoms with Crippen LogP contribution in [-0.4, -0.2) is 11.5 Å². The van der Waals surface area contributed by atoms with Crippen molar-refractivity contribution < 1.29 is 19.1 Å². The Kier molecular flexibility index (Phi) is 8.26. The van der Waals surface area contributed by atoms with Crippen molar-refractivity contribution in [2.45, 2.75) is 20.1 Å². The molecule has 0 radical (unpaired) electrons. The molecule has 0 aliphatic rings. The van der Waals surface area contributed by atoms with Gasteiger partial charge in [-0.1, -0.05) is 29.8 Å². The Bertz CT molecular complexity index is 1300. The molecule has 0 heterocycles. The van der Waals surface area contributed by atoms with Gasteiger partial charge in [-0.05, 0) is 78.7 Å². The lowest BCUT2D eigenvalue weighted by Crippen LogP contribution is -2.04. The predicted octanol–water partition coefficient (Wildman–Crippen LogP) is 7.63. The lowest BCUT2D eigenvalue weighted by atomic mass is 10.2. The molecule has 184 valence electrons. The van der Waals surface area contributed by atoms with Crippen LogP contribution in [0.25, 0.3) is 0 Å². The van der Waals surface area contributed by atoms with Crippen LogP contribution in [0.4, 0.5) is 11.4 Å². The molecule has 8 heteroatoms. The monoisotopic (exact) mass is 504 g/mol. The summed E-state index contributed by atoms with van der Waals surface area (Å²) in [5.41, 5.74) is 2.67. The van der Waals surface area contributed by atoms with E-state index in [2.05, 4.69) is 5.32 Å². The summed E-state index contributed by atoms with van der Waals surface area (Å²) in [5, 5.41) is 14.6. The number of rotatable bonds is 11. The number of nitro groups is 1. The zero-order valence-corrected chi connectivity index (χ0v) is 20.4. The summed E-state index contributed by atoms with van der Waals surface area (Å²) < 4.78 is 17.5. The van der Waals surface area contributed by atoms with Gasteiger partial charge in [-0.2, -0.15) is 0 Å². The average Bonchev–Trinajstić information content (AvgIpc) is 2.89. The molecule has 0 saturated heterocycles. The number of ether oxygens (including phenoxy) is 3. The van der Waals surface area contributed by atoms with Crippen LogP contribution < -0.4 is 19.5 Å². The Morgan fingerprint density at radius 2 is 1.56 bits per heavy atom. The molecule has 1 N–H and O–H groups in total. The lowest BCUT2D eigenvalue weighted by Gasteiger charge is -2.16. The van der Waals surface area contributed by atoms with E-state index in [0.29, 0.717) is 29.7 Å². The van der Waals surface area contributed by atoms with Crippen LogP contribution in [-0.2, 0) is 13.2 Å². The highest BCUT2D eigenvalue weighted by molar-refractivity contribution is 6.32. The van der Waals surface area contributed by atoms with Crippen molar-refractivity contribution in [2.75, 3.05) is 11.9 Å². The maximum Gasteiger partial charge on any atom is 0.269 e. The fraction of sp³-hybridized carbons (Fsp3) is 0.143. The molecule has 0 amide bonds. The minimum Gasteiger partial charge on any atom is -0.490 e. The number of nitrogens with zero attached hydrogens (tertiary/aromatic N) is 1. The van der Waals surface area contributed by atoms with E-state index < -0.39 is 4.92 Å². The van der Waals surface area contributed by atoms with Gasteiger partial charge in [0.2, 0.25) is 0 Å². The number of hydrogen-bond acceptors (Lipinski definition) is 6. The third-order valence-electron chi connectivity index (χ3n) is 5.23. The average molecular weight is 505 g/mol. The highest BCUT2D eigenvalue weighted by Crippen LogP contribution is 2.37. The molecule has 4 aromatic carbocycles. The van der Waals surface area contributed by atoms with Crippen LogP contribution in [0.3, 0.4) is 0 Å². The second-order valence-electron chi connectivity index (χ2n) is 7.84. The normalized spacial score (nSPS) is 10.5. The fourth-order valence-corrected chi connectivity index (χ4v) is 3.75. The van der Waals surface area contributed by atoms with Crippen molar-refractivity contribution in [3.8, 4) is 23.0 Å². The van der Waals surface area contributed by atoms with Gasteiger partial charge in [0.15, 0.2) is 11.5 Å². The molecular formula is C28H25ClN2O5. The van der Waals surface area contributed by atoms with Gasteiger partial charge >= 0.3 is 0 Å². The van der Waals surface area contributed by atoms with Crippen LogP contribution in [0, 0.1) is 10.1 Å². The molecule has 4 rings (SSSR count). The minimum atomic E-state index is -0.436. The second kappa shape index (κ2) is 12.0. The van der Waals surface area contributed by atoms with Crippen molar-refractivity contribution in [1.29, 1.82) is 0 Å². The number of halogens is 1. The molecule has 4 aromatic rings. The van der Waals surface area contributed by atoms with E-state index in [1.165, 1.54) is 12.1 Å². The second-order valence-corrected chi connectivity index (χ2v) is 8.25. The van der Waals surface area contributed by atoms with Crippen molar-refractivity contribution >= 4 is 23.0 Å². The zero-order chi connectivity index (χ0) is 25.3. The van der Waals surface area contributed by atoms with Gasteiger partial charge in [0.05, 0.1) is 16.6 Å². The van der Waals surface area contributed by atoms with Crippen LogP contribution in [0.2, 0.25) is 5.02 Å². The van der Waals surface area contributed by atoms with Gasteiger partial charge in [-0.15, -0.1) is 0 Å². The number of non-ortho nitro benzene ring substituents is 1. The summed E-state index contributed by atoms with van der Waals surface area (Å²) in [4.78, 5) is 10.4. The first kappa shape index (κ1) is 24.9. The molecule has 0 bridgehead atoms. The van der Waals surface area contributed by atoms with E-state index in [-0.39, 0.29) is 12.3 Å². The summed E-state index contributed by atoms with van der Waals surface area (Å²) in [6, 6.07) is 27.2. The number of nitrogens with one attached hydrogen (secondary N) is 1. The molecule has 0 fully saturated rings. The third-order valence-corrected chi connectivity index (χ3v) is 5.51. The smallest absolute Gasteiger partial charge is 0.269 e. The Balaban J connectivity index is 1.39. The predicted molar refractivity (Wildman–Crippen MR) is 140 cm³/mol. The molecule has 0 aliphatic carbocycles. The van der Waals surface area contributed by atoms with Gasteiger partial charge < -0.3 is 19.5 Å². The van der Waals surface area contributed by atoms with Crippen molar-refractivity contribution in [3.05, 3.63) is 117 Å². The Labute approximate surface area is 214 Å². The van der Waals surface area contributed by atoms with E-state index in [1.54, 1.807) is 12.1 Å². The number of nitro benzene ring substituents is 1. The Morgan fingerprint density at radius 3 is 2.22 bits per heavy atom. The fourth-order valence-electron chi connectivity index (χ4n) is 3.47. The van der Waals surface area contributed by atoms with Gasteiger partial charge in [0, 0.05) is 24.4 Å². The summed E-state index contributed by atoms with van der Waals surface area (Å²) in [6.45, 7) is 3.07. The van der Waals surface area contributed by atoms with Crippen molar-refractivity contribution in [3.63, 3.8) is 0 Å². The van der Waals surface area contributed by atoms with Gasteiger partial charge in [-0.25, -0.2) is 0 Å². The standard InChI is InChI=1S/C28H25ClN2O5/c1-2-34-27-17-21(16-26(29)28(27)35-19-20-8-12-23(13-9-20)31(32)33)18-30-22-10-14-25(15-11-22)36-24-6-4-3-5-7-24/h3-17,30H,2,18-19H2,1H3. The summed E-state index contributed by atoms with van der Waals surface area (Å²) >= 11 is 6.54. The Morgan fingerprint density at radius 1 is 0.861 bits per heavy atom. The molecule has 0 unspecified atom stereocenters. The zero-order valence-electron chi connectivity index (χ0n) is 19.6. The maximum absolute atomic E-state index is 10.8. The molecule has 0 aromatic heterocycles. The number of para-hydroxylation sites is 1. The molecule has 0 atom stereocenters. The molecule has 0 saturated carbocycles. The molecule has 36 heavy (non-hydrogen) atoms. The van der Waals surface area contributed by atoms with Crippen LogP contribution in [0.1, 0.15) is 18.1 Å². The number of benzene rings is 4. The van der Waals surface area contributed by atoms with Crippen molar-refractivity contribution in [1.82, 2.24) is 0 Å². The highest BCUT2D eigenvalue weighted by Gasteiger charge is 2.14. The minimum absolute atomic E-state index is 0.0296. The van der Waals surface area contributed by atoms with Gasteiger partial charge in [-0.3, -0.25) is 10.1 Å². The van der Waals surface area contributed by atoms with Gasteiger partial charge in [0.1, 0.15) is 18.1 Å². The summed E-state index contributed by atoms with van der Waals surface area (Å²) in [5.74, 6) is 2.51. The Hall–Kier alpha value is -4.23. The highest BCUT2D eigenvalue weighted by atomic mass is 35.5. The van der Waals surface area contributed by atoms with Crippen LogP contribution in [0.15, 0.2) is 91.0 Å². The largest absolute Gasteiger partial charge is 0.490 e. The first-order chi connectivity index (χ1) is 17.5. The molecule has 7 nitrogen and oxygen atoms in total. The summed E-state index contributed by atoms with van der Waals surface area (Å²) in [7, 11) is 0. The number of hydrogen-bond donors (Lipinski definition) is 1. The van der Waals surface area contributed by atoms with E-state index in [4.69, 9.17) is 25.8 Å². The molecular weight excluding hydrogens is 480 g/mol. The van der Waals surface area contributed by atoms with E-state index in [0.717, 1.165) is 28.3 Å². The summed E-state index contributed by atoms with van der Waals surface area (Å²) in [6.07, 6.45) is 0. The van der Waals surface area contributed by atoms with E-state index in [9.17, 15) is 10.1 Å². The third kappa shape index (κ3) is 6.67. The topological polar surface area (TPSA) is 82.9 Å². The van der Waals surface area contributed by atoms with E-state index >= 15 is 0 Å². The molecule has 0 spiro atoms. The van der Waals surface area contributed by atoms with E-state index in [1.807, 2.05) is 73.7 Å². The van der Waals surface area contributed by atoms with Crippen LogP contribution in [0.5, 0.6) is 23.0 Å². The van der Waals surface area contributed by atoms with Crippen LogP contribution >= 0.6 is 11.6 Å². The maximum atomic E-state index is 10.8. The SMILES string of the molecule is CCOc1cc(CNc2ccc(Oc3ccccc3)cc2)cc(Cl)c1OCc1ccc([N+](=O)[O-])cc1. The van der Waals surface area contributed by atoms with Crippen molar-refractivity contribution in [2.24, 2.45) is 0 Å². The number of anilines is 1.